The van der Waals surface area contributed by atoms with Gasteiger partial charge in [0.05, 0.1) is 0 Å². The maximum absolute atomic E-state index is 4.72. The predicted octanol–water partition coefficient (Wildman–Crippen LogP) is 1.85. The first-order valence-electron chi connectivity index (χ1n) is 2.18. The molecule has 1 radical (unpaired) electrons. The number of hydrogen-bond donors (Lipinski definition) is 1. The van der Waals surface area contributed by atoms with E-state index in [0.717, 1.165) is 23.0 Å². The smallest absolute Gasteiger partial charge is 0.0128 e. The van der Waals surface area contributed by atoms with E-state index >= 15 is 0 Å². The highest BCUT2D eigenvalue weighted by atomic mass is 32.2. The van der Waals surface area contributed by atoms with Gasteiger partial charge in [0.1, 0.15) is 0 Å². The molecule has 7 heavy (non-hydrogen) atoms. The van der Waals surface area contributed by atoms with E-state index in [-0.39, 0.29) is 0 Å². The summed E-state index contributed by atoms with van der Waals surface area (Å²) in [6.45, 7) is 0. The standard InChI is InChI=1S/C4H9S3/c5-1-3-7-4-2-6/h5H,1-4H2. The normalized spacial score (nSPS) is 9.43. The minimum absolute atomic E-state index is 0.873. The van der Waals surface area contributed by atoms with Crippen LogP contribution < -0.4 is 0 Å². The molecule has 0 nitrogen and oxygen atoms in total. The number of rotatable bonds is 4. The van der Waals surface area contributed by atoms with Crippen molar-refractivity contribution in [2.24, 2.45) is 0 Å². The van der Waals surface area contributed by atoms with Crippen LogP contribution in [-0.2, 0) is 0 Å². The van der Waals surface area contributed by atoms with Gasteiger partial charge in [-0.05, 0) is 5.75 Å². The maximum atomic E-state index is 4.72. The molecule has 0 aliphatic carbocycles. The van der Waals surface area contributed by atoms with Crippen LogP contribution in [0.5, 0.6) is 0 Å². The Bertz CT molecular complexity index is 26.1. The number of thiol groups is 1. The van der Waals surface area contributed by atoms with Crippen molar-refractivity contribution < 1.29 is 0 Å². The molecule has 0 unspecified atom stereocenters. The zero-order valence-corrected chi connectivity index (χ0v) is 6.62. The average molecular weight is 153 g/mol. The lowest BCUT2D eigenvalue weighted by molar-refractivity contribution is 1.50. The van der Waals surface area contributed by atoms with Crippen LogP contribution in [0.4, 0.5) is 0 Å². The van der Waals surface area contributed by atoms with Crippen LogP contribution in [0.3, 0.4) is 0 Å². The van der Waals surface area contributed by atoms with Crippen molar-refractivity contribution in [3.8, 4) is 0 Å². The highest BCUT2D eigenvalue weighted by Gasteiger charge is 1.81. The van der Waals surface area contributed by atoms with Gasteiger partial charge in [0.15, 0.2) is 0 Å². The van der Waals surface area contributed by atoms with Gasteiger partial charge < -0.3 is 0 Å². The summed E-state index contributed by atoms with van der Waals surface area (Å²) in [6.07, 6.45) is 0. The fourth-order valence-corrected chi connectivity index (χ4v) is 1.42. The first kappa shape index (κ1) is 8.05. The molecular weight excluding hydrogens is 144 g/mol. The highest BCUT2D eigenvalue weighted by Crippen LogP contribution is 1.99. The van der Waals surface area contributed by atoms with Gasteiger partial charge in [0.25, 0.3) is 0 Å². The Morgan fingerprint density at radius 1 is 1.43 bits per heavy atom. The van der Waals surface area contributed by atoms with Crippen molar-refractivity contribution in [3.63, 3.8) is 0 Å². The van der Waals surface area contributed by atoms with Gasteiger partial charge in [-0.3, -0.25) is 0 Å². The molecule has 0 aliphatic heterocycles. The minimum Gasteiger partial charge on any atom is -0.179 e. The molecule has 0 rings (SSSR count). The quantitative estimate of drug-likeness (QED) is 0.475. The second-order valence-corrected chi connectivity index (χ2v) is 3.12. The third-order valence-corrected chi connectivity index (χ3v) is 2.44. The van der Waals surface area contributed by atoms with Crippen LogP contribution in [0.25, 0.3) is 0 Å². The molecule has 0 aromatic carbocycles. The molecule has 0 heterocycles. The number of thioether (sulfide) groups is 1. The van der Waals surface area contributed by atoms with Crippen molar-refractivity contribution in [3.05, 3.63) is 0 Å². The summed E-state index contributed by atoms with van der Waals surface area (Å²) in [6, 6.07) is 0. The zero-order valence-electron chi connectivity index (χ0n) is 4.09. The molecule has 0 aromatic heterocycles. The SMILES string of the molecule is [S]CCSCCS. The lowest BCUT2D eigenvalue weighted by Gasteiger charge is -1.90. The molecule has 0 atom stereocenters. The van der Waals surface area contributed by atoms with Gasteiger partial charge in [-0.2, -0.15) is 24.4 Å². The summed E-state index contributed by atoms with van der Waals surface area (Å²) in [5.74, 6) is 4.09. The van der Waals surface area contributed by atoms with Gasteiger partial charge in [-0.25, -0.2) is 0 Å². The van der Waals surface area contributed by atoms with Crippen LogP contribution >= 0.6 is 37.0 Å². The lowest BCUT2D eigenvalue weighted by Crippen LogP contribution is -1.83. The van der Waals surface area contributed by atoms with Gasteiger partial charge in [0, 0.05) is 17.3 Å². The molecule has 0 bridgehead atoms. The van der Waals surface area contributed by atoms with Gasteiger partial charge >= 0.3 is 0 Å². The second-order valence-electron chi connectivity index (χ2n) is 1.04. The summed E-state index contributed by atoms with van der Waals surface area (Å²) in [7, 11) is 0. The molecule has 0 amide bonds. The van der Waals surface area contributed by atoms with Gasteiger partial charge in [-0.15, -0.1) is 0 Å². The lowest BCUT2D eigenvalue weighted by atomic mass is 10.9. The summed E-state index contributed by atoms with van der Waals surface area (Å²) >= 11 is 10.6. The minimum atomic E-state index is 0.873. The fraction of sp³-hybridized carbons (Fsp3) is 1.00. The maximum Gasteiger partial charge on any atom is 0.0128 e. The molecule has 0 aliphatic rings. The van der Waals surface area contributed by atoms with E-state index in [9.17, 15) is 0 Å². The first-order valence-corrected chi connectivity index (χ1v) is 4.55. The Morgan fingerprint density at radius 2 is 2.14 bits per heavy atom. The monoisotopic (exact) mass is 153 g/mol. The van der Waals surface area contributed by atoms with E-state index in [1.54, 1.807) is 0 Å². The highest BCUT2D eigenvalue weighted by molar-refractivity contribution is 8.00. The van der Waals surface area contributed by atoms with Gasteiger partial charge in [0.2, 0.25) is 0 Å². The van der Waals surface area contributed by atoms with Crippen LogP contribution in [-0.4, -0.2) is 23.0 Å². The predicted molar refractivity (Wildman–Crippen MR) is 43.6 cm³/mol. The Morgan fingerprint density at radius 3 is 2.57 bits per heavy atom. The van der Waals surface area contributed by atoms with E-state index in [2.05, 4.69) is 12.6 Å². The van der Waals surface area contributed by atoms with E-state index in [1.165, 1.54) is 0 Å². The van der Waals surface area contributed by atoms with Crippen molar-refractivity contribution in [2.75, 3.05) is 23.0 Å². The molecule has 0 fully saturated rings. The van der Waals surface area contributed by atoms with E-state index < -0.39 is 0 Å². The molecule has 0 aromatic rings. The van der Waals surface area contributed by atoms with Crippen LogP contribution in [0, 0.1) is 0 Å². The third-order valence-electron chi connectivity index (χ3n) is 0.463. The number of hydrogen-bond acceptors (Lipinski definition) is 2. The molecular formula is C4H9S3. The molecule has 0 N–H and O–H groups in total. The molecule has 0 saturated heterocycles. The summed E-state index contributed by atoms with van der Waals surface area (Å²) in [5, 5.41) is 0. The van der Waals surface area contributed by atoms with E-state index in [4.69, 9.17) is 12.6 Å². The van der Waals surface area contributed by atoms with E-state index in [0.29, 0.717) is 0 Å². The van der Waals surface area contributed by atoms with Crippen LogP contribution in [0.2, 0.25) is 0 Å². The van der Waals surface area contributed by atoms with Crippen LogP contribution in [0.1, 0.15) is 0 Å². The Labute approximate surface area is 60.3 Å². The zero-order chi connectivity index (χ0) is 5.54. The summed E-state index contributed by atoms with van der Waals surface area (Å²) < 4.78 is 0. The second kappa shape index (κ2) is 7.05. The Hall–Kier alpha value is 1.05. The van der Waals surface area contributed by atoms with Crippen molar-refractivity contribution >= 4 is 37.0 Å². The third kappa shape index (κ3) is 7.05. The first-order chi connectivity index (χ1) is 3.41. The van der Waals surface area contributed by atoms with E-state index in [1.807, 2.05) is 11.8 Å². The van der Waals surface area contributed by atoms with Gasteiger partial charge in [-0.1, -0.05) is 12.6 Å². The van der Waals surface area contributed by atoms with Crippen molar-refractivity contribution in [1.82, 2.24) is 0 Å². The molecule has 43 valence electrons. The average Bonchev–Trinajstić information content (AvgIpc) is 1.69. The molecule has 0 saturated carbocycles. The molecule has 0 spiro atoms. The largest absolute Gasteiger partial charge is 0.179 e. The fourth-order valence-electron chi connectivity index (χ4n) is 0.226. The van der Waals surface area contributed by atoms with Crippen molar-refractivity contribution in [2.45, 2.75) is 0 Å². The van der Waals surface area contributed by atoms with Crippen molar-refractivity contribution in [1.29, 1.82) is 0 Å². The summed E-state index contributed by atoms with van der Waals surface area (Å²) in [4.78, 5) is 0. The van der Waals surface area contributed by atoms with Crippen LogP contribution in [0.15, 0.2) is 0 Å². The summed E-state index contributed by atoms with van der Waals surface area (Å²) in [5.41, 5.74) is 0. The molecule has 3 heteroatoms. The Balaban J connectivity index is 2.45. The topological polar surface area (TPSA) is 0 Å². The Kier molecular flexibility index (Phi) is 8.11.